The summed E-state index contributed by atoms with van der Waals surface area (Å²) >= 11 is 0. The van der Waals surface area contributed by atoms with Crippen LogP contribution < -0.4 is 5.32 Å². The summed E-state index contributed by atoms with van der Waals surface area (Å²) in [6.45, 7) is 4.16. The number of phenols is 1. The van der Waals surface area contributed by atoms with E-state index in [0.29, 0.717) is 5.69 Å². The second-order valence-electron chi connectivity index (χ2n) is 5.02. The number of urea groups is 1. The molecule has 0 aromatic heterocycles. The quantitative estimate of drug-likeness (QED) is 0.802. The molecule has 1 aromatic carbocycles. The van der Waals surface area contributed by atoms with Crippen molar-refractivity contribution in [2.45, 2.75) is 45.2 Å². The van der Waals surface area contributed by atoms with Crippen molar-refractivity contribution in [2.24, 2.45) is 0 Å². The number of nitrogens with one attached hydrogen (secondary N) is 1. The summed E-state index contributed by atoms with van der Waals surface area (Å²) in [4.78, 5) is 14.1. The van der Waals surface area contributed by atoms with E-state index in [-0.39, 0.29) is 23.9 Å². The molecule has 0 bridgehead atoms. The number of rotatable bonds is 1. The molecule has 2 N–H and O–H groups in total. The Balaban J connectivity index is 2.07. The van der Waals surface area contributed by atoms with Crippen molar-refractivity contribution in [3.63, 3.8) is 0 Å². The standard InChI is InChI=1S/C14H20N2O2/c1-10-5-3-6-11(2)16(10)14(18)15-12-7-4-8-13(17)9-12/h4,7-11,17H,3,5-6H2,1-2H3,(H,15,18). The van der Waals surface area contributed by atoms with Gasteiger partial charge in [0.05, 0.1) is 0 Å². The third-order valence-electron chi connectivity index (χ3n) is 3.53. The Morgan fingerprint density at radius 3 is 2.61 bits per heavy atom. The van der Waals surface area contributed by atoms with E-state index >= 15 is 0 Å². The first kappa shape index (κ1) is 12.7. The van der Waals surface area contributed by atoms with Crippen molar-refractivity contribution in [3.8, 4) is 5.75 Å². The number of amides is 2. The monoisotopic (exact) mass is 248 g/mol. The van der Waals surface area contributed by atoms with Gasteiger partial charge in [0.1, 0.15) is 5.75 Å². The van der Waals surface area contributed by atoms with Gasteiger partial charge in [0.25, 0.3) is 0 Å². The van der Waals surface area contributed by atoms with E-state index in [4.69, 9.17) is 0 Å². The largest absolute Gasteiger partial charge is 0.508 e. The average Bonchev–Trinajstić information content (AvgIpc) is 2.28. The molecular weight excluding hydrogens is 228 g/mol. The fourth-order valence-corrected chi connectivity index (χ4v) is 2.59. The van der Waals surface area contributed by atoms with E-state index in [1.54, 1.807) is 24.3 Å². The molecule has 0 saturated carbocycles. The maximum Gasteiger partial charge on any atom is 0.322 e. The Morgan fingerprint density at radius 2 is 2.00 bits per heavy atom. The predicted molar refractivity (Wildman–Crippen MR) is 71.7 cm³/mol. The number of carbonyl (C=O) groups excluding carboxylic acids is 1. The van der Waals surface area contributed by atoms with Crippen LogP contribution in [0.25, 0.3) is 0 Å². The van der Waals surface area contributed by atoms with Gasteiger partial charge in [0, 0.05) is 23.8 Å². The van der Waals surface area contributed by atoms with Crippen LogP contribution in [0.3, 0.4) is 0 Å². The van der Waals surface area contributed by atoms with Crippen molar-refractivity contribution in [1.29, 1.82) is 0 Å². The number of hydrogen-bond donors (Lipinski definition) is 2. The van der Waals surface area contributed by atoms with E-state index in [2.05, 4.69) is 19.2 Å². The average molecular weight is 248 g/mol. The second-order valence-corrected chi connectivity index (χ2v) is 5.02. The van der Waals surface area contributed by atoms with Gasteiger partial charge in [-0.05, 0) is 45.2 Å². The molecule has 2 unspecified atom stereocenters. The Morgan fingerprint density at radius 1 is 1.33 bits per heavy atom. The van der Waals surface area contributed by atoms with Gasteiger partial charge in [-0.3, -0.25) is 0 Å². The second kappa shape index (κ2) is 5.29. The minimum atomic E-state index is -0.0831. The summed E-state index contributed by atoms with van der Waals surface area (Å²) in [5.74, 6) is 0.160. The van der Waals surface area contributed by atoms with Crippen molar-refractivity contribution in [1.82, 2.24) is 4.90 Å². The topological polar surface area (TPSA) is 52.6 Å². The van der Waals surface area contributed by atoms with Crippen molar-refractivity contribution in [2.75, 3.05) is 5.32 Å². The highest BCUT2D eigenvalue weighted by Gasteiger charge is 2.28. The first-order chi connectivity index (χ1) is 8.58. The van der Waals surface area contributed by atoms with Crippen LogP contribution in [-0.2, 0) is 0 Å². The lowest BCUT2D eigenvalue weighted by Gasteiger charge is -2.38. The van der Waals surface area contributed by atoms with Gasteiger partial charge >= 0.3 is 6.03 Å². The molecule has 2 rings (SSSR count). The number of hydrogen-bond acceptors (Lipinski definition) is 2. The van der Waals surface area contributed by atoms with Gasteiger partial charge < -0.3 is 15.3 Å². The molecule has 98 valence electrons. The Kier molecular flexibility index (Phi) is 3.75. The summed E-state index contributed by atoms with van der Waals surface area (Å²) in [5.41, 5.74) is 0.630. The summed E-state index contributed by atoms with van der Waals surface area (Å²) in [6.07, 6.45) is 3.29. The van der Waals surface area contributed by atoms with Gasteiger partial charge in [0.15, 0.2) is 0 Å². The number of anilines is 1. The third kappa shape index (κ3) is 2.75. The predicted octanol–water partition coefficient (Wildman–Crippen LogP) is 3.19. The maximum absolute atomic E-state index is 12.2. The van der Waals surface area contributed by atoms with E-state index in [1.807, 2.05) is 4.90 Å². The van der Waals surface area contributed by atoms with Crippen molar-refractivity contribution < 1.29 is 9.90 Å². The zero-order chi connectivity index (χ0) is 13.1. The van der Waals surface area contributed by atoms with Crippen molar-refractivity contribution >= 4 is 11.7 Å². The van der Waals surface area contributed by atoms with Crippen LogP contribution in [0.15, 0.2) is 24.3 Å². The smallest absolute Gasteiger partial charge is 0.322 e. The van der Waals surface area contributed by atoms with E-state index in [0.717, 1.165) is 12.8 Å². The molecule has 18 heavy (non-hydrogen) atoms. The number of benzene rings is 1. The molecule has 4 nitrogen and oxygen atoms in total. The van der Waals surface area contributed by atoms with Gasteiger partial charge in [0.2, 0.25) is 0 Å². The van der Waals surface area contributed by atoms with E-state index in [9.17, 15) is 9.90 Å². The molecule has 0 spiro atoms. The van der Waals surface area contributed by atoms with Crippen LogP contribution in [0.2, 0.25) is 0 Å². The summed E-state index contributed by atoms with van der Waals surface area (Å²) in [7, 11) is 0. The fraction of sp³-hybridized carbons (Fsp3) is 0.500. The molecule has 1 heterocycles. The van der Waals surface area contributed by atoms with Crippen LogP contribution in [0.5, 0.6) is 5.75 Å². The van der Waals surface area contributed by atoms with Crippen LogP contribution in [0.4, 0.5) is 10.5 Å². The normalized spacial score (nSPS) is 23.8. The summed E-state index contributed by atoms with van der Waals surface area (Å²) in [5, 5.41) is 12.2. The zero-order valence-electron chi connectivity index (χ0n) is 10.9. The number of piperidine rings is 1. The van der Waals surface area contributed by atoms with Crippen molar-refractivity contribution in [3.05, 3.63) is 24.3 Å². The van der Waals surface area contributed by atoms with E-state index < -0.39 is 0 Å². The first-order valence-electron chi connectivity index (χ1n) is 6.46. The van der Waals surface area contributed by atoms with Crippen LogP contribution >= 0.6 is 0 Å². The van der Waals surface area contributed by atoms with Gasteiger partial charge in [-0.1, -0.05) is 6.07 Å². The highest BCUT2D eigenvalue weighted by Crippen LogP contribution is 2.24. The lowest BCUT2D eigenvalue weighted by Crippen LogP contribution is -2.49. The highest BCUT2D eigenvalue weighted by atomic mass is 16.3. The lowest BCUT2D eigenvalue weighted by atomic mass is 9.98. The molecule has 1 aromatic rings. The Bertz CT molecular complexity index is 424. The Labute approximate surface area is 108 Å². The molecule has 0 radical (unpaired) electrons. The van der Waals surface area contributed by atoms with Crippen LogP contribution in [0.1, 0.15) is 33.1 Å². The lowest BCUT2D eigenvalue weighted by molar-refractivity contribution is 0.133. The number of phenolic OH excluding ortho intramolecular Hbond substituents is 1. The summed E-state index contributed by atoms with van der Waals surface area (Å²) in [6, 6.07) is 7.08. The third-order valence-corrected chi connectivity index (χ3v) is 3.53. The van der Waals surface area contributed by atoms with Gasteiger partial charge in [-0.25, -0.2) is 4.79 Å². The zero-order valence-corrected chi connectivity index (χ0v) is 10.9. The molecule has 0 aliphatic carbocycles. The summed E-state index contributed by atoms with van der Waals surface area (Å²) < 4.78 is 0. The number of nitrogens with zero attached hydrogens (tertiary/aromatic N) is 1. The molecule has 1 aliphatic heterocycles. The number of likely N-dealkylation sites (tertiary alicyclic amines) is 1. The number of aromatic hydroxyl groups is 1. The molecule has 1 aliphatic rings. The minimum absolute atomic E-state index is 0.0831. The fourth-order valence-electron chi connectivity index (χ4n) is 2.59. The molecule has 4 heteroatoms. The highest BCUT2D eigenvalue weighted by molar-refractivity contribution is 5.90. The Hall–Kier alpha value is -1.71. The molecule has 2 atom stereocenters. The molecule has 2 amide bonds. The first-order valence-corrected chi connectivity index (χ1v) is 6.46. The van der Waals surface area contributed by atoms with Crippen LogP contribution in [0, 0.1) is 0 Å². The molecule has 1 saturated heterocycles. The molecular formula is C14H20N2O2. The van der Waals surface area contributed by atoms with Gasteiger partial charge in [-0.15, -0.1) is 0 Å². The molecule has 1 fully saturated rings. The van der Waals surface area contributed by atoms with Crippen LogP contribution in [-0.4, -0.2) is 28.1 Å². The van der Waals surface area contributed by atoms with Gasteiger partial charge in [-0.2, -0.15) is 0 Å². The number of carbonyl (C=O) groups is 1. The SMILES string of the molecule is CC1CCCC(C)N1C(=O)Nc1cccc(O)c1. The maximum atomic E-state index is 12.2. The van der Waals surface area contributed by atoms with E-state index in [1.165, 1.54) is 6.42 Å². The minimum Gasteiger partial charge on any atom is -0.508 e.